The van der Waals surface area contributed by atoms with Crippen LogP contribution in [0.1, 0.15) is 5.56 Å². The first-order chi connectivity index (χ1) is 11.9. The number of phenols is 1. The molecule has 1 aliphatic rings. The van der Waals surface area contributed by atoms with Gasteiger partial charge in [0.2, 0.25) is 0 Å². The molecule has 2 N–H and O–H groups in total. The smallest absolute Gasteiger partial charge is 0.282 e. The van der Waals surface area contributed by atoms with Crippen LogP contribution in [0.25, 0.3) is 6.08 Å². The lowest BCUT2D eigenvalue weighted by Crippen LogP contribution is -2.35. The van der Waals surface area contributed by atoms with Gasteiger partial charge < -0.3 is 9.84 Å². The Hall–Kier alpha value is -2.32. The normalized spacial score (nSPS) is 15.6. The van der Waals surface area contributed by atoms with Crippen LogP contribution < -0.4 is 15.2 Å². The predicted octanol–water partition coefficient (Wildman–Crippen LogP) is 3.39. The van der Waals surface area contributed by atoms with Gasteiger partial charge in [-0.25, -0.2) is 5.01 Å². The van der Waals surface area contributed by atoms with Crippen LogP contribution in [0.2, 0.25) is 0 Å². The number of carbonyl (C=O) groups is 2. The number of hydrazine groups is 1. The number of hydrogen-bond donors (Lipinski definition) is 2. The lowest BCUT2D eigenvalue weighted by Gasteiger charge is -2.14. The first-order valence-corrected chi connectivity index (χ1v) is 8.68. The SMILES string of the molecule is COc1cc(/C=C2/C(=O)NN(c3ccc(Br)cc3)C2=O)cc(Br)c1O. The number of methoxy groups -OCH3 is 1. The number of phenolic OH excluding ortho intramolecular Hbond substituents is 1. The number of halogens is 2. The molecule has 2 amide bonds. The summed E-state index contributed by atoms with van der Waals surface area (Å²) in [7, 11) is 1.42. The maximum atomic E-state index is 12.6. The molecular weight excluding hydrogens is 456 g/mol. The average molecular weight is 468 g/mol. The number of amides is 2. The Balaban J connectivity index is 1.96. The van der Waals surface area contributed by atoms with Crippen LogP contribution in [0.4, 0.5) is 5.69 Å². The van der Waals surface area contributed by atoms with E-state index in [2.05, 4.69) is 37.3 Å². The van der Waals surface area contributed by atoms with E-state index >= 15 is 0 Å². The van der Waals surface area contributed by atoms with Gasteiger partial charge in [-0.15, -0.1) is 0 Å². The number of nitrogens with zero attached hydrogens (tertiary/aromatic N) is 1. The van der Waals surface area contributed by atoms with Gasteiger partial charge in [0.15, 0.2) is 11.5 Å². The van der Waals surface area contributed by atoms with E-state index in [4.69, 9.17) is 4.74 Å². The molecule has 0 spiro atoms. The molecule has 0 aliphatic carbocycles. The Morgan fingerprint density at radius 2 is 1.84 bits per heavy atom. The zero-order valence-corrected chi connectivity index (χ0v) is 16.1. The third kappa shape index (κ3) is 3.40. The Labute approximate surface area is 160 Å². The summed E-state index contributed by atoms with van der Waals surface area (Å²) >= 11 is 6.54. The largest absolute Gasteiger partial charge is 0.503 e. The fourth-order valence-corrected chi connectivity index (χ4v) is 3.05. The summed E-state index contributed by atoms with van der Waals surface area (Å²) < 4.78 is 6.34. The van der Waals surface area contributed by atoms with Crippen molar-refractivity contribution >= 4 is 55.4 Å². The molecule has 1 heterocycles. The van der Waals surface area contributed by atoms with E-state index in [1.807, 2.05) is 0 Å². The standard InChI is InChI=1S/C17H12Br2N2O4/c1-25-14-8-9(7-13(19)15(14)22)6-12-16(23)20-21(17(12)24)11-4-2-10(18)3-5-11/h2-8,22H,1H3,(H,20,23)/b12-6-. The van der Waals surface area contributed by atoms with Gasteiger partial charge in [0.05, 0.1) is 17.3 Å². The summed E-state index contributed by atoms with van der Waals surface area (Å²) in [6.07, 6.45) is 1.45. The van der Waals surface area contributed by atoms with Crippen molar-refractivity contribution in [1.29, 1.82) is 0 Å². The summed E-state index contributed by atoms with van der Waals surface area (Å²) in [5.41, 5.74) is 3.61. The average Bonchev–Trinajstić information content (AvgIpc) is 2.86. The highest BCUT2D eigenvalue weighted by Gasteiger charge is 2.34. The topological polar surface area (TPSA) is 78.9 Å². The van der Waals surface area contributed by atoms with E-state index in [9.17, 15) is 14.7 Å². The van der Waals surface area contributed by atoms with E-state index in [0.29, 0.717) is 15.7 Å². The lowest BCUT2D eigenvalue weighted by atomic mass is 10.1. The molecule has 0 aromatic heterocycles. The molecule has 3 rings (SSSR count). The zero-order chi connectivity index (χ0) is 18.1. The van der Waals surface area contributed by atoms with Crippen LogP contribution in [-0.4, -0.2) is 24.0 Å². The lowest BCUT2D eigenvalue weighted by molar-refractivity contribution is -0.117. The first-order valence-electron chi connectivity index (χ1n) is 7.10. The van der Waals surface area contributed by atoms with E-state index in [0.717, 1.165) is 4.47 Å². The molecule has 0 unspecified atom stereocenters. The van der Waals surface area contributed by atoms with Gasteiger partial charge in [-0.1, -0.05) is 15.9 Å². The molecule has 1 fully saturated rings. The quantitative estimate of drug-likeness (QED) is 0.535. The molecule has 2 aromatic carbocycles. The van der Waals surface area contributed by atoms with Gasteiger partial charge in [-0.05, 0) is 64.0 Å². The Morgan fingerprint density at radius 1 is 1.16 bits per heavy atom. The fraction of sp³-hybridized carbons (Fsp3) is 0.0588. The highest BCUT2D eigenvalue weighted by molar-refractivity contribution is 9.10. The van der Waals surface area contributed by atoms with Crippen molar-refractivity contribution in [3.05, 3.63) is 56.5 Å². The van der Waals surface area contributed by atoms with Crippen LogP contribution in [0.5, 0.6) is 11.5 Å². The molecule has 0 radical (unpaired) electrons. The molecule has 8 heteroatoms. The van der Waals surface area contributed by atoms with E-state index in [1.54, 1.807) is 30.3 Å². The van der Waals surface area contributed by atoms with Crippen LogP contribution in [-0.2, 0) is 9.59 Å². The van der Waals surface area contributed by atoms with Gasteiger partial charge in [-0.2, -0.15) is 0 Å². The summed E-state index contributed by atoms with van der Waals surface area (Å²) in [5.74, 6) is -0.785. The van der Waals surface area contributed by atoms with Gasteiger partial charge >= 0.3 is 0 Å². The van der Waals surface area contributed by atoms with Crippen LogP contribution in [0.15, 0.2) is 50.9 Å². The number of hydrogen-bond acceptors (Lipinski definition) is 4. The van der Waals surface area contributed by atoms with Crippen LogP contribution >= 0.6 is 31.9 Å². The van der Waals surface area contributed by atoms with Crippen molar-refractivity contribution in [3.8, 4) is 11.5 Å². The minimum atomic E-state index is -0.504. The van der Waals surface area contributed by atoms with E-state index in [-0.39, 0.29) is 17.1 Å². The predicted molar refractivity (Wildman–Crippen MR) is 100 cm³/mol. The van der Waals surface area contributed by atoms with Gasteiger partial charge in [0.25, 0.3) is 11.8 Å². The molecule has 1 aliphatic heterocycles. The number of nitrogens with one attached hydrogen (secondary N) is 1. The van der Waals surface area contributed by atoms with Crippen molar-refractivity contribution in [2.45, 2.75) is 0 Å². The minimum Gasteiger partial charge on any atom is -0.503 e. The second-order valence-corrected chi connectivity index (χ2v) is 6.94. The monoisotopic (exact) mass is 466 g/mol. The Morgan fingerprint density at radius 3 is 2.48 bits per heavy atom. The summed E-state index contributed by atoms with van der Waals surface area (Å²) in [4.78, 5) is 24.8. The van der Waals surface area contributed by atoms with E-state index < -0.39 is 11.8 Å². The third-order valence-corrected chi connectivity index (χ3v) is 4.69. The van der Waals surface area contributed by atoms with Crippen molar-refractivity contribution in [2.75, 3.05) is 12.1 Å². The fourth-order valence-electron chi connectivity index (χ4n) is 2.33. The van der Waals surface area contributed by atoms with Gasteiger partial charge in [0.1, 0.15) is 5.57 Å². The summed E-state index contributed by atoms with van der Waals surface area (Å²) in [6.45, 7) is 0. The van der Waals surface area contributed by atoms with Crippen LogP contribution in [0, 0.1) is 0 Å². The van der Waals surface area contributed by atoms with Crippen molar-refractivity contribution in [3.63, 3.8) is 0 Å². The van der Waals surface area contributed by atoms with Crippen molar-refractivity contribution in [2.24, 2.45) is 0 Å². The molecular formula is C17H12Br2N2O4. The number of carbonyl (C=O) groups excluding carboxylic acids is 2. The minimum absolute atomic E-state index is 0.0115. The van der Waals surface area contributed by atoms with Crippen molar-refractivity contribution < 1.29 is 19.4 Å². The molecule has 128 valence electrons. The molecule has 0 saturated carbocycles. The highest BCUT2D eigenvalue weighted by Crippen LogP contribution is 2.36. The maximum absolute atomic E-state index is 12.6. The van der Waals surface area contributed by atoms with Crippen molar-refractivity contribution in [1.82, 2.24) is 5.43 Å². The second-order valence-electron chi connectivity index (χ2n) is 5.17. The Bertz CT molecular complexity index is 894. The van der Waals surface area contributed by atoms with Gasteiger partial charge in [-0.3, -0.25) is 15.0 Å². The molecule has 25 heavy (non-hydrogen) atoms. The van der Waals surface area contributed by atoms with Crippen LogP contribution in [0.3, 0.4) is 0 Å². The number of aromatic hydroxyl groups is 1. The van der Waals surface area contributed by atoms with E-state index in [1.165, 1.54) is 24.3 Å². The molecule has 6 nitrogen and oxygen atoms in total. The molecule has 2 aromatic rings. The number of ether oxygens (including phenoxy) is 1. The van der Waals surface area contributed by atoms with Gasteiger partial charge in [0, 0.05) is 4.47 Å². The number of rotatable bonds is 3. The zero-order valence-electron chi connectivity index (χ0n) is 12.9. The number of anilines is 1. The third-order valence-electron chi connectivity index (χ3n) is 3.56. The first kappa shape index (κ1) is 17.5. The molecule has 0 atom stereocenters. The maximum Gasteiger partial charge on any atom is 0.282 e. The Kier molecular flexibility index (Phi) is 4.82. The second kappa shape index (κ2) is 6.89. The number of benzene rings is 2. The summed E-state index contributed by atoms with van der Waals surface area (Å²) in [5, 5.41) is 11.0. The molecule has 1 saturated heterocycles. The highest BCUT2D eigenvalue weighted by atomic mass is 79.9. The summed E-state index contributed by atoms with van der Waals surface area (Å²) in [6, 6.07) is 10.1. The molecule has 0 bridgehead atoms.